The van der Waals surface area contributed by atoms with E-state index in [2.05, 4.69) is 6.92 Å². The zero-order valence-corrected chi connectivity index (χ0v) is 27.5. The molecule has 0 rings (SSSR count). The number of carbonyl (C=O) groups is 1. The van der Waals surface area contributed by atoms with Gasteiger partial charge in [0.2, 0.25) is 0 Å². The predicted octanol–water partition coefficient (Wildman–Crippen LogP) is 5.91. The van der Waals surface area contributed by atoms with Crippen LogP contribution in [0, 0.1) is 0 Å². The van der Waals surface area contributed by atoms with Crippen LogP contribution in [-0.4, -0.2) is 30.8 Å². The molecule has 5 nitrogen and oxygen atoms in total. The Morgan fingerprint density at radius 2 is 0.943 bits per heavy atom. The van der Waals surface area contributed by atoms with Gasteiger partial charge < -0.3 is 6.16 Å². The first-order chi connectivity index (χ1) is 16.3. The minimum atomic E-state index is -4.12. The number of hydrogen-bond donors (Lipinski definition) is 1. The first-order valence-electron chi connectivity index (χ1n) is 14.5. The van der Waals surface area contributed by atoms with Crippen molar-refractivity contribution in [2.24, 2.45) is 0 Å². The number of rotatable bonds is 26. The molecule has 0 fully saturated rings. The second-order valence-corrected chi connectivity index (χ2v) is 11.7. The summed E-state index contributed by atoms with van der Waals surface area (Å²) in [5.74, 6) is -1.02. The van der Waals surface area contributed by atoms with Crippen LogP contribution in [0.1, 0.15) is 163 Å². The molecule has 0 aromatic heterocycles. The van der Waals surface area contributed by atoms with E-state index in [1.165, 1.54) is 129 Å². The van der Waals surface area contributed by atoms with Gasteiger partial charge in [0.05, 0.1) is 0 Å². The van der Waals surface area contributed by atoms with Gasteiger partial charge in [-0.3, -0.25) is 9.35 Å². The fourth-order valence-electron chi connectivity index (χ4n) is 4.63. The quantitative estimate of drug-likeness (QED) is 0.0633. The molecule has 0 aliphatic heterocycles. The Bertz CT molecular complexity index is 560. The fourth-order valence-corrected chi connectivity index (χ4v) is 5.33. The molecule has 1 unspecified atom stereocenters. The van der Waals surface area contributed by atoms with Crippen molar-refractivity contribution in [3.63, 3.8) is 0 Å². The van der Waals surface area contributed by atoms with E-state index in [9.17, 15) is 13.2 Å². The third kappa shape index (κ3) is 33.0. The first kappa shape index (κ1) is 38.2. The van der Waals surface area contributed by atoms with Crippen LogP contribution in [-0.2, 0) is 19.6 Å². The maximum absolute atomic E-state index is 11.1. The van der Waals surface area contributed by atoms with E-state index >= 15 is 0 Å². The molecule has 0 radical (unpaired) electrons. The molecule has 0 saturated carbocycles. The van der Waals surface area contributed by atoms with E-state index in [1.807, 2.05) is 0 Å². The molecule has 0 aromatic rings. The van der Waals surface area contributed by atoms with Crippen LogP contribution in [0.25, 0.3) is 0 Å². The molecule has 0 aromatic carbocycles. The van der Waals surface area contributed by atoms with Gasteiger partial charge in [-0.2, -0.15) is 8.42 Å². The van der Waals surface area contributed by atoms with Gasteiger partial charge in [0.15, 0.2) is 0 Å². The molecular formula is C28H57KO5S. The molecule has 7 heteroatoms. The molecule has 0 saturated heterocycles. The largest absolute Gasteiger partial charge is 1.00 e. The number of hydrogen-bond acceptors (Lipinski definition) is 4. The summed E-state index contributed by atoms with van der Waals surface area (Å²) in [6.45, 7) is 3.54. The van der Waals surface area contributed by atoms with Gasteiger partial charge in [-0.05, 0) is 12.8 Å². The minimum Gasteiger partial charge on any atom is -1.00 e. The summed E-state index contributed by atoms with van der Waals surface area (Å²) in [4.78, 5) is 11.1. The van der Waals surface area contributed by atoms with E-state index in [4.69, 9.17) is 9.29 Å². The normalized spacial score (nSPS) is 12.3. The van der Waals surface area contributed by atoms with E-state index < -0.39 is 27.9 Å². The minimum absolute atomic E-state index is 0. The second-order valence-electron chi connectivity index (χ2n) is 10.2. The van der Waals surface area contributed by atoms with Crippen molar-refractivity contribution in [1.29, 1.82) is 0 Å². The molecular weight excluding hydrogens is 487 g/mol. The van der Waals surface area contributed by atoms with E-state index in [1.54, 1.807) is 0 Å². The average molecular weight is 545 g/mol. The Hall–Kier alpha value is 1.02. The smallest absolute Gasteiger partial charge is 1.00 e. The van der Waals surface area contributed by atoms with Crippen LogP contribution in [0.4, 0.5) is 0 Å². The molecule has 1 atom stereocenters. The fraction of sp³-hybridized carbons (Fsp3) is 0.964. The molecule has 35 heavy (non-hydrogen) atoms. The monoisotopic (exact) mass is 544 g/mol. The van der Waals surface area contributed by atoms with Crippen LogP contribution < -0.4 is 51.4 Å². The van der Waals surface area contributed by atoms with E-state index in [0.717, 1.165) is 19.3 Å². The van der Waals surface area contributed by atoms with Gasteiger partial charge in [0, 0.05) is 6.92 Å². The van der Waals surface area contributed by atoms with E-state index in [0.29, 0.717) is 6.42 Å². The molecule has 1 N–H and O–H groups in total. The Morgan fingerprint density at radius 3 is 1.20 bits per heavy atom. The standard InChI is InChI=1S/C28H56O5S.K.H/c1-3-4-5-6-7-8-9-10-11-12-13-14-15-16-17-18-19-20-21-22-23-24-25-28(33-27(2)29)26-34(30,31)32;;/h28H,3-26H2,1-2H3,(H,30,31,32);;/q;+1;-1. The maximum atomic E-state index is 11.1. The van der Waals surface area contributed by atoms with E-state index in [-0.39, 0.29) is 52.8 Å². The van der Waals surface area contributed by atoms with Crippen LogP contribution in [0.2, 0.25) is 0 Å². The summed E-state index contributed by atoms with van der Waals surface area (Å²) < 4.78 is 36.0. The first-order valence-corrected chi connectivity index (χ1v) is 16.1. The average Bonchev–Trinajstić information content (AvgIpc) is 2.75. The molecule has 0 heterocycles. The molecule has 0 aliphatic rings. The van der Waals surface area contributed by atoms with Gasteiger partial charge >= 0.3 is 57.4 Å². The summed E-state index contributed by atoms with van der Waals surface area (Å²) in [6, 6.07) is 0. The van der Waals surface area contributed by atoms with Crippen molar-refractivity contribution in [2.75, 3.05) is 5.75 Å². The molecule has 0 aliphatic carbocycles. The van der Waals surface area contributed by atoms with Gasteiger partial charge in [-0.15, -0.1) is 0 Å². The Labute approximate surface area is 262 Å². The molecule has 0 amide bonds. The SMILES string of the molecule is CCCCCCCCCCCCCCCCCCCCCCCCC(CS(=O)(=O)O)OC(C)=O.[H-].[K+]. The van der Waals surface area contributed by atoms with Crippen molar-refractivity contribution in [3.8, 4) is 0 Å². The molecule has 0 spiro atoms. The van der Waals surface area contributed by atoms with Crippen LogP contribution in [0.15, 0.2) is 0 Å². The summed E-state index contributed by atoms with van der Waals surface area (Å²) in [6.07, 6.45) is 29.0. The number of unbranched alkanes of at least 4 members (excludes halogenated alkanes) is 21. The van der Waals surface area contributed by atoms with Gasteiger partial charge in [0.1, 0.15) is 11.9 Å². The number of carbonyl (C=O) groups excluding carboxylic acids is 1. The number of ether oxygens (including phenoxy) is 1. The van der Waals surface area contributed by atoms with Gasteiger partial charge in [-0.1, -0.05) is 142 Å². The Morgan fingerprint density at radius 1 is 0.657 bits per heavy atom. The van der Waals surface area contributed by atoms with Crippen LogP contribution >= 0.6 is 0 Å². The summed E-state index contributed by atoms with van der Waals surface area (Å²) in [5.41, 5.74) is 0. The molecule has 0 bridgehead atoms. The summed E-state index contributed by atoms with van der Waals surface area (Å²) in [7, 11) is -4.12. The zero-order chi connectivity index (χ0) is 25.3. The second kappa shape index (κ2) is 28.0. The topological polar surface area (TPSA) is 80.7 Å². The van der Waals surface area contributed by atoms with Crippen molar-refractivity contribution in [2.45, 2.75) is 168 Å². The van der Waals surface area contributed by atoms with Crippen molar-refractivity contribution in [1.82, 2.24) is 0 Å². The van der Waals surface area contributed by atoms with Crippen LogP contribution in [0.5, 0.6) is 0 Å². The Balaban J connectivity index is -0.00000544. The van der Waals surface area contributed by atoms with Gasteiger partial charge in [0.25, 0.3) is 10.1 Å². The third-order valence-corrected chi connectivity index (χ3v) is 7.40. The number of esters is 1. The molecule has 206 valence electrons. The van der Waals surface area contributed by atoms with Crippen molar-refractivity contribution in [3.05, 3.63) is 0 Å². The zero-order valence-electron chi connectivity index (χ0n) is 24.5. The van der Waals surface area contributed by atoms with Crippen molar-refractivity contribution < 1.29 is 75.3 Å². The van der Waals surface area contributed by atoms with Gasteiger partial charge in [-0.25, -0.2) is 0 Å². The van der Waals surface area contributed by atoms with Crippen molar-refractivity contribution >= 4 is 16.1 Å². The predicted molar refractivity (Wildman–Crippen MR) is 145 cm³/mol. The Kier molecular flexibility index (Phi) is 30.6. The van der Waals surface area contributed by atoms with Crippen LogP contribution in [0.3, 0.4) is 0 Å². The third-order valence-electron chi connectivity index (χ3n) is 6.61. The summed E-state index contributed by atoms with van der Waals surface area (Å²) in [5, 5.41) is 0. The maximum Gasteiger partial charge on any atom is 1.00 e. The summed E-state index contributed by atoms with van der Waals surface area (Å²) >= 11 is 0.